The van der Waals surface area contributed by atoms with E-state index in [0.29, 0.717) is 24.9 Å². The fraction of sp³-hybridized carbons (Fsp3) is 0.550. The number of esters is 1. The van der Waals surface area contributed by atoms with E-state index in [1.54, 1.807) is 19.1 Å². The number of hydrogen-bond donors (Lipinski definition) is 1. The molecular weight excluding hydrogens is 394 g/mol. The summed E-state index contributed by atoms with van der Waals surface area (Å²) in [6, 6.07) is 6.65. The number of nitriles is 1. The largest absolute Gasteiger partial charge is 0.452 e. The number of fused-ring (bicyclic) bond motifs is 1. The summed E-state index contributed by atoms with van der Waals surface area (Å²) in [7, 11) is -3.40. The van der Waals surface area contributed by atoms with E-state index >= 15 is 0 Å². The van der Waals surface area contributed by atoms with Crippen molar-refractivity contribution in [2.24, 2.45) is 0 Å². The van der Waals surface area contributed by atoms with Gasteiger partial charge in [0.05, 0.1) is 23.6 Å². The Bertz CT molecular complexity index is 961. The van der Waals surface area contributed by atoms with E-state index in [-0.39, 0.29) is 11.6 Å². The van der Waals surface area contributed by atoms with Gasteiger partial charge in [-0.2, -0.15) is 5.26 Å². The molecule has 0 aromatic heterocycles. The summed E-state index contributed by atoms with van der Waals surface area (Å²) < 4.78 is 30.4. The lowest BCUT2D eigenvalue weighted by Gasteiger charge is -2.31. The van der Waals surface area contributed by atoms with Crippen LogP contribution in [0.5, 0.6) is 0 Å². The van der Waals surface area contributed by atoms with Crippen molar-refractivity contribution in [3.63, 3.8) is 0 Å². The molecule has 1 atom stereocenters. The number of anilines is 1. The van der Waals surface area contributed by atoms with Crippen LogP contribution in [0.25, 0.3) is 0 Å². The SMILES string of the molecule is C[C@@H]1Cc2cc(C(=O)OCC(=O)NC3(C#N)CCCCC3)ccc2N1S(C)(=O)=O. The van der Waals surface area contributed by atoms with Crippen LogP contribution in [0.3, 0.4) is 0 Å². The minimum Gasteiger partial charge on any atom is -0.452 e. The lowest BCUT2D eigenvalue weighted by atomic mass is 9.83. The molecular formula is C20H25N3O5S. The molecule has 1 aliphatic carbocycles. The molecule has 1 aliphatic heterocycles. The first kappa shape index (κ1) is 21.1. The standard InChI is InChI=1S/C20H25N3O5S/c1-14-10-16-11-15(6-7-17(16)23(14)29(2,26)27)19(25)28-12-18(24)22-20(13-21)8-4-3-5-9-20/h6-7,11,14H,3-5,8-10,12H2,1-2H3,(H,22,24)/t14-/m1/s1. The van der Waals surface area contributed by atoms with E-state index in [0.717, 1.165) is 31.1 Å². The molecule has 1 aromatic carbocycles. The molecule has 3 rings (SSSR count). The van der Waals surface area contributed by atoms with Crippen LogP contribution in [0.1, 0.15) is 54.9 Å². The highest BCUT2D eigenvalue weighted by molar-refractivity contribution is 7.92. The first-order valence-corrected chi connectivity index (χ1v) is 11.5. The second-order valence-corrected chi connectivity index (χ2v) is 9.69. The molecule has 1 saturated carbocycles. The number of hydrogen-bond acceptors (Lipinski definition) is 6. The van der Waals surface area contributed by atoms with Crippen LogP contribution in [0, 0.1) is 11.3 Å². The zero-order valence-electron chi connectivity index (χ0n) is 16.6. The van der Waals surface area contributed by atoms with E-state index in [1.807, 2.05) is 0 Å². The van der Waals surface area contributed by atoms with Gasteiger partial charge in [0, 0.05) is 6.04 Å². The maximum Gasteiger partial charge on any atom is 0.338 e. The maximum atomic E-state index is 12.4. The zero-order chi connectivity index (χ0) is 21.2. The molecule has 1 heterocycles. The number of nitrogens with zero attached hydrogens (tertiary/aromatic N) is 2. The number of nitrogens with one attached hydrogen (secondary N) is 1. The van der Waals surface area contributed by atoms with Crippen molar-refractivity contribution in [3.05, 3.63) is 29.3 Å². The highest BCUT2D eigenvalue weighted by Gasteiger charge is 2.34. The Balaban J connectivity index is 1.63. The van der Waals surface area contributed by atoms with Crippen molar-refractivity contribution in [2.45, 2.75) is 57.0 Å². The van der Waals surface area contributed by atoms with Gasteiger partial charge in [-0.25, -0.2) is 13.2 Å². The quantitative estimate of drug-likeness (QED) is 0.729. The third-order valence-electron chi connectivity index (χ3n) is 5.46. The first-order chi connectivity index (χ1) is 13.6. The molecule has 1 aromatic rings. The molecule has 1 N–H and O–H groups in total. The average Bonchev–Trinajstić information content (AvgIpc) is 3.01. The van der Waals surface area contributed by atoms with Crippen molar-refractivity contribution in [3.8, 4) is 6.07 Å². The van der Waals surface area contributed by atoms with E-state index in [2.05, 4.69) is 11.4 Å². The van der Waals surface area contributed by atoms with Crippen molar-refractivity contribution in [1.29, 1.82) is 5.26 Å². The number of rotatable bonds is 5. The molecule has 2 aliphatic rings. The van der Waals surface area contributed by atoms with Crippen molar-refractivity contribution in [2.75, 3.05) is 17.2 Å². The van der Waals surface area contributed by atoms with Crippen LogP contribution in [-0.2, 0) is 26.0 Å². The number of sulfonamides is 1. The van der Waals surface area contributed by atoms with Crippen LogP contribution in [0.2, 0.25) is 0 Å². The van der Waals surface area contributed by atoms with Crippen molar-refractivity contribution >= 4 is 27.6 Å². The number of ether oxygens (including phenoxy) is 1. The van der Waals surface area contributed by atoms with E-state index in [9.17, 15) is 23.3 Å². The van der Waals surface area contributed by atoms with Gasteiger partial charge in [-0.1, -0.05) is 19.3 Å². The highest BCUT2D eigenvalue weighted by atomic mass is 32.2. The Morgan fingerprint density at radius 2 is 2.00 bits per heavy atom. The molecule has 0 bridgehead atoms. The molecule has 9 heteroatoms. The summed E-state index contributed by atoms with van der Waals surface area (Å²) in [6.07, 6.45) is 5.65. The van der Waals surface area contributed by atoms with Crippen LogP contribution < -0.4 is 9.62 Å². The smallest absolute Gasteiger partial charge is 0.338 e. The number of amides is 1. The number of benzene rings is 1. The molecule has 0 saturated heterocycles. The van der Waals surface area contributed by atoms with Gasteiger partial charge in [0.1, 0.15) is 5.54 Å². The lowest BCUT2D eigenvalue weighted by molar-refractivity contribution is -0.125. The third kappa shape index (κ3) is 4.53. The molecule has 1 fully saturated rings. The minimum atomic E-state index is -3.40. The monoisotopic (exact) mass is 419 g/mol. The van der Waals surface area contributed by atoms with Gasteiger partial charge in [0.15, 0.2) is 6.61 Å². The minimum absolute atomic E-state index is 0.227. The summed E-state index contributed by atoms with van der Waals surface area (Å²) in [5.74, 6) is -1.16. The normalized spacial score (nSPS) is 20.4. The molecule has 0 radical (unpaired) electrons. The van der Waals surface area contributed by atoms with Crippen molar-refractivity contribution < 1.29 is 22.7 Å². The van der Waals surface area contributed by atoms with E-state index in [4.69, 9.17) is 4.74 Å². The molecule has 8 nitrogen and oxygen atoms in total. The molecule has 29 heavy (non-hydrogen) atoms. The van der Waals surface area contributed by atoms with Crippen LogP contribution in [0.4, 0.5) is 5.69 Å². The lowest BCUT2D eigenvalue weighted by Crippen LogP contribution is -2.50. The summed E-state index contributed by atoms with van der Waals surface area (Å²) in [5.41, 5.74) is 0.683. The number of carbonyl (C=O) groups is 2. The molecule has 1 amide bonds. The van der Waals surface area contributed by atoms with E-state index < -0.39 is 34.0 Å². The molecule has 0 spiro atoms. The van der Waals surface area contributed by atoms with Gasteiger partial charge in [0.25, 0.3) is 5.91 Å². The van der Waals surface area contributed by atoms with Gasteiger partial charge >= 0.3 is 5.97 Å². The Morgan fingerprint density at radius 1 is 1.31 bits per heavy atom. The Hall–Kier alpha value is -2.60. The first-order valence-electron chi connectivity index (χ1n) is 9.67. The predicted molar refractivity (Wildman–Crippen MR) is 107 cm³/mol. The summed E-state index contributed by atoms with van der Waals surface area (Å²) >= 11 is 0. The predicted octanol–water partition coefficient (Wildman–Crippen LogP) is 1.90. The average molecular weight is 420 g/mol. The van der Waals surface area contributed by atoms with Crippen molar-refractivity contribution in [1.82, 2.24) is 5.32 Å². The fourth-order valence-corrected chi connectivity index (χ4v) is 5.44. The maximum absolute atomic E-state index is 12.4. The third-order valence-corrected chi connectivity index (χ3v) is 6.73. The van der Waals surface area contributed by atoms with Gasteiger partial charge in [0.2, 0.25) is 10.0 Å². The topological polar surface area (TPSA) is 117 Å². The Labute approximate surface area is 170 Å². The Kier molecular flexibility index (Phi) is 5.85. The van der Waals surface area contributed by atoms with Crippen LogP contribution >= 0.6 is 0 Å². The molecule has 156 valence electrons. The van der Waals surface area contributed by atoms with E-state index in [1.165, 1.54) is 10.4 Å². The van der Waals surface area contributed by atoms with Gasteiger partial charge in [-0.15, -0.1) is 0 Å². The zero-order valence-corrected chi connectivity index (χ0v) is 17.4. The summed E-state index contributed by atoms with van der Waals surface area (Å²) in [6.45, 7) is 1.34. The Morgan fingerprint density at radius 3 is 2.62 bits per heavy atom. The van der Waals surface area contributed by atoms with Gasteiger partial charge in [-0.3, -0.25) is 9.10 Å². The van der Waals surface area contributed by atoms with Crippen LogP contribution in [-0.4, -0.2) is 44.7 Å². The summed E-state index contributed by atoms with van der Waals surface area (Å²) in [5, 5.41) is 12.1. The molecule has 0 unspecified atom stereocenters. The summed E-state index contributed by atoms with van der Waals surface area (Å²) in [4.78, 5) is 24.5. The second kappa shape index (κ2) is 8.03. The highest BCUT2D eigenvalue weighted by Crippen LogP contribution is 2.34. The second-order valence-electron chi connectivity index (χ2n) is 7.83. The van der Waals surface area contributed by atoms with Gasteiger partial charge < -0.3 is 10.1 Å². The fourth-order valence-electron chi connectivity index (χ4n) is 4.17. The van der Waals surface area contributed by atoms with Gasteiger partial charge in [-0.05, 0) is 49.9 Å². The van der Waals surface area contributed by atoms with Crippen LogP contribution in [0.15, 0.2) is 18.2 Å². The number of carbonyl (C=O) groups excluding carboxylic acids is 2.